The number of nitrogens with one attached hydrogen (secondary N) is 1. The van der Waals surface area contributed by atoms with Gasteiger partial charge in [-0.25, -0.2) is 0 Å². The Bertz CT molecular complexity index is 276. The van der Waals surface area contributed by atoms with Crippen molar-refractivity contribution in [3.8, 4) is 0 Å². The normalized spacial score (nSPS) is 12.8. The average Bonchev–Trinajstić information content (AvgIpc) is 2.17. The highest BCUT2D eigenvalue weighted by Crippen LogP contribution is 2.11. The van der Waals surface area contributed by atoms with E-state index in [9.17, 15) is 0 Å². The Morgan fingerprint density at radius 1 is 1.43 bits per heavy atom. The van der Waals surface area contributed by atoms with Crippen molar-refractivity contribution in [2.24, 2.45) is 0 Å². The Labute approximate surface area is 94.3 Å². The lowest BCUT2D eigenvalue weighted by atomic mass is 10.1. The predicted octanol–water partition coefficient (Wildman–Crippen LogP) is 2.77. The quantitative estimate of drug-likeness (QED) is 0.877. The molecule has 0 amide bonds. The first-order valence-corrected chi connectivity index (χ1v) is 5.88. The van der Waals surface area contributed by atoms with Gasteiger partial charge in [0.2, 0.25) is 0 Å². The van der Waals surface area contributed by atoms with Crippen LogP contribution in [0.1, 0.15) is 25.8 Å². The molecule has 0 spiro atoms. The molecule has 1 rings (SSSR count). The summed E-state index contributed by atoms with van der Waals surface area (Å²) in [6.07, 6.45) is 5.96. The minimum absolute atomic E-state index is 0.566. The summed E-state index contributed by atoms with van der Waals surface area (Å²) in [6, 6.07) is 2.70. The second kappa shape index (κ2) is 6.14. The molecule has 1 heterocycles. The molecular weight excluding hydrogens is 240 g/mol. The largest absolute Gasteiger partial charge is 0.314 e. The van der Waals surface area contributed by atoms with Crippen LogP contribution >= 0.6 is 15.9 Å². The van der Waals surface area contributed by atoms with Crippen molar-refractivity contribution in [3.05, 3.63) is 28.5 Å². The molecule has 1 aromatic heterocycles. The van der Waals surface area contributed by atoms with Gasteiger partial charge in [0.05, 0.1) is 0 Å². The maximum atomic E-state index is 4.16. The summed E-state index contributed by atoms with van der Waals surface area (Å²) < 4.78 is 1.06. The third-order valence-corrected chi connectivity index (χ3v) is 2.66. The standard InChI is InChI=1S/C11H17BrN2/c1-3-11(14-4-2)6-9-5-10(12)8-13-7-9/h5,7-8,11,14H,3-4,6H2,1-2H3. The molecule has 0 fully saturated rings. The van der Waals surface area contributed by atoms with Crippen molar-refractivity contribution in [2.75, 3.05) is 6.54 Å². The fourth-order valence-corrected chi connectivity index (χ4v) is 1.91. The molecular formula is C11H17BrN2. The molecule has 14 heavy (non-hydrogen) atoms. The van der Waals surface area contributed by atoms with Crippen molar-refractivity contribution >= 4 is 15.9 Å². The Balaban J connectivity index is 2.57. The van der Waals surface area contributed by atoms with E-state index in [2.05, 4.69) is 46.1 Å². The fraction of sp³-hybridized carbons (Fsp3) is 0.545. The van der Waals surface area contributed by atoms with Crippen LogP contribution in [-0.4, -0.2) is 17.6 Å². The molecule has 0 aliphatic carbocycles. The van der Waals surface area contributed by atoms with Crippen LogP contribution in [0.3, 0.4) is 0 Å². The zero-order chi connectivity index (χ0) is 10.4. The van der Waals surface area contributed by atoms with Gasteiger partial charge < -0.3 is 5.32 Å². The summed E-state index contributed by atoms with van der Waals surface area (Å²) >= 11 is 3.43. The fourth-order valence-electron chi connectivity index (χ4n) is 1.50. The van der Waals surface area contributed by atoms with Crippen LogP contribution in [-0.2, 0) is 6.42 Å². The van der Waals surface area contributed by atoms with Gasteiger partial charge in [-0.2, -0.15) is 0 Å². The second-order valence-corrected chi connectivity index (χ2v) is 4.29. The lowest BCUT2D eigenvalue weighted by Crippen LogP contribution is -2.30. The van der Waals surface area contributed by atoms with Gasteiger partial charge in [0.25, 0.3) is 0 Å². The first kappa shape index (κ1) is 11.7. The maximum Gasteiger partial charge on any atom is 0.0410 e. The molecule has 1 unspecified atom stereocenters. The molecule has 0 saturated heterocycles. The third-order valence-electron chi connectivity index (χ3n) is 2.23. The number of hydrogen-bond donors (Lipinski definition) is 1. The minimum atomic E-state index is 0.566. The van der Waals surface area contributed by atoms with Gasteiger partial charge in [-0.3, -0.25) is 4.98 Å². The van der Waals surface area contributed by atoms with Crippen molar-refractivity contribution < 1.29 is 0 Å². The van der Waals surface area contributed by atoms with Crippen LogP contribution in [0.25, 0.3) is 0 Å². The Morgan fingerprint density at radius 3 is 2.79 bits per heavy atom. The van der Waals surface area contributed by atoms with Crippen molar-refractivity contribution in [2.45, 2.75) is 32.7 Å². The Hall–Kier alpha value is -0.410. The Morgan fingerprint density at radius 2 is 2.21 bits per heavy atom. The summed E-state index contributed by atoms with van der Waals surface area (Å²) in [5.74, 6) is 0. The van der Waals surface area contributed by atoms with E-state index in [0.717, 1.165) is 23.9 Å². The number of halogens is 1. The van der Waals surface area contributed by atoms with E-state index in [1.165, 1.54) is 5.56 Å². The summed E-state index contributed by atoms with van der Waals surface area (Å²) in [4.78, 5) is 4.16. The molecule has 0 saturated carbocycles. The number of hydrogen-bond acceptors (Lipinski definition) is 2. The SMILES string of the molecule is CCNC(CC)Cc1cncc(Br)c1. The Kier molecular flexibility index (Phi) is 5.12. The summed E-state index contributed by atoms with van der Waals surface area (Å²) in [7, 11) is 0. The van der Waals surface area contributed by atoms with Crippen molar-refractivity contribution in [1.29, 1.82) is 0 Å². The smallest absolute Gasteiger partial charge is 0.0410 e. The molecule has 1 atom stereocenters. The van der Waals surface area contributed by atoms with Gasteiger partial charge in [-0.1, -0.05) is 13.8 Å². The van der Waals surface area contributed by atoms with Gasteiger partial charge in [0.15, 0.2) is 0 Å². The summed E-state index contributed by atoms with van der Waals surface area (Å²) in [6.45, 7) is 5.38. The molecule has 3 heteroatoms. The van der Waals surface area contributed by atoms with Crippen LogP contribution in [0.2, 0.25) is 0 Å². The van der Waals surface area contributed by atoms with Gasteiger partial charge in [-0.15, -0.1) is 0 Å². The van der Waals surface area contributed by atoms with Crippen LogP contribution in [0.5, 0.6) is 0 Å². The number of pyridine rings is 1. The second-order valence-electron chi connectivity index (χ2n) is 3.38. The van der Waals surface area contributed by atoms with E-state index in [4.69, 9.17) is 0 Å². The van der Waals surface area contributed by atoms with Gasteiger partial charge in [0.1, 0.15) is 0 Å². The van der Waals surface area contributed by atoms with Crippen LogP contribution in [0, 0.1) is 0 Å². The number of likely N-dealkylation sites (N-methyl/N-ethyl adjacent to an activating group) is 1. The molecule has 0 bridgehead atoms. The molecule has 78 valence electrons. The van der Waals surface area contributed by atoms with E-state index in [1.54, 1.807) is 0 Å². The molecule has 2 nitrogen and oxygen atoms in total. The van der Waals surface area contributed by atoms with Gasteiger partial charge >= 0.3 is 0 Å². The monoisotopic (exact) mass is 256 g/mol. The number of rotatable bonds is 5. The van der Waals surface area contributed by atoms with Crippen LogP contribution in [0.4, 0.5) is 0 Å². The first-order chi connectivity index (χ1) is 6.76. The average molecular weight is 257 g/mol. The minimum Gasteiger partial charge on any atom is -0.314 e. The highest BCUT2D eigenvalue weighted by Gasteiger charge is 2.05. The highest BCUT2D eigenvalue weighted by atomic mass is 79.9. The number of aromatic nitrogens is 1. The van der Waals surface area contributed by atoms with Gasteiger partial charge in [-0.05, 0) is 46.9 Å². The topological polar surface area (TPSA) is 24.9 Å². The van der Waals surface area contributed by atoms with Crippen LogP contribution < -0.4 is 5.32 Å². The van der Waals surface area contributed by atoms with Crippen molar-refractivity contribution in [3.63, 3.8) is 0 Å². The van der Waals surface area contributed by atoms with E-state index in [0.29, 0.717) is 6.04 Å². The van der Waals surface area contributed by atoms with Gasteiger partial charge in [0, 0.05) is 22.9 Å². The summed E-state index contributed by atoms with van der Waals surface area (Å²) in [5, 5.41) is 3.46. The first-order valence-electron chi connectivity index (χ1n) is 5.09. The highest BCUT2D eigenvalue weighted by molar-refractivity contribution is 9.10. The summed E-state index contributed by atoms with van der Waals surface area (Å²) in [5.41, 5.74) is 1.28. The molecule has 0 radical (unpaired) electrons. The molecule has 1 N–H and O–H groups in total. The maximum absolute atomic E-state index is 4.16. The number of nitrogens with zero attached hydrogens (tertiary/aromatic N) is 1. The molecule has 0 aliphatic rings. The lowest BCUT2D eigenvalue weighted by molar-refractivity contribution is 0.509. The van der Waals surface area contributed by atoms with E-state index >= 15 is 0 Å². The molecule has 1 aromatic rings. The van der Waals surface area contributed by atoms with Crippen molar-refractivity contribution in [1.82, 2.24) is 10.3 Å². The molecule has 0 aliphatic heterocycles. The van der Waals surface area contributed by atoms with Crippen LogP contribution in [0.15, 0.2) is 22.9 Å². The zero-order valence-corrected chi connectivity index (χ0v) is 10.3. The van der Waals surface area contributed by atoms with E-state index < -0.39 is 0 Å². The lowest BCUT2D eigenvalue weighted by Gasteiger charge is -2.15. The third kappa shape index (κ3) is 3.76. The van der Waals surface area contributed by atoms with E-state index in [-0.39, 0.29) is 0 Å². The molecule has 0 aromatic carbocycles. The predicted molar refractivity (Wildman–Crippen MR) is 63.4 cm³/mol. The zero-order valence-electron chi connectivity index (χ0n) is 8.76. The van der Waals surface area contributed by atoms with E-state index in [1.807, 2.05) is 12.4 Å².